The smallest absolute Gasteiger partial charge is 0.241 e. The van der Waals surface area contributed by atoms with Gasteiger partial charge in [0.05, 0.1) is 10.6 Å². The predicted molar refractivity (Wildman–Crippen MR) is 134 cm³/mol. The van der Waals surface area contributed by atoms with E-state index in [2.05, 4.69) is 10.3 Å². The summed E-state index contributed by atoms with van der Waals surface area (Å²) in [6, 6.07) is 15.1. The maximum atomic E-state index is 12.1. The summed E-state index contributed by atoms with van der Waals surface area (Å²) < 4.78 is 1.72. The number of aryl methyl sites for hydroxylation is 1. The van der Waals surface area contributed by atoms with E-state index in [0.29, 0.717) is 52.8 Å². The first-order valence-electron chi connectivity index (χ1n) is 10.9. The van der Waals surface area contributed by atoms with Gasteiger partial charge in [0, 0.05) is 23.7 Å². The van der Waals surface area contributed by atoms with Crippen molar-refractivity contribution in [3.05, 3.63) is 64.4 Å². The van der Waals surface area contributed by atoms with Gasteiger partial charge in [-0.15, -0.1) is 0 Å². The normalized spacial score (nSPS) is 14.9. The summed E-state index contributed by atoms with van der Waals surface area (Å²) in [5.41, 5.74) is 8.75. The van der Waals surface area contributed by atoms with E-state index in [1.54, 1.807) is 4.52 Å². The highest BCUT2D eigenvalue weighted by Crippen LogP contribution is 2.39. The summed E-state index contributed by atoms with van der Waals surface area (Å²) in [5.74, 6) is 0.796. The number of anilines is 1. The standard InChI is InChI=1S/C24H23Cl2N7O/c1-3-28-24(22(27)34)12-32(13-24)23-29-14(2)33-21(30-23)19(15-8-10-16(25)11-9-15)20(31-33)17-6-4-5-7-18(17)26/h4-11,28H,3,12-13H2,1-2H3,(H2,27,34). The molecule has 2 aromatic heterocycles. The molecule has 0 bridgehead atoms. The van der Waals surface area contributed by atoms with Crippen molar-refractivity contribution < 1.29 is 4.79 Å². The topological polar surface area (TPSA) is 101 Å². The molecule has 1 amide bonds. The van der Waals surface area contributed by atoms with E-state index in [9.17, 15) is 4.79 Å². The van der Waals surface area contributed by atoms with Crippen LogP contribution in [0.1, 0.15) is 12.7 Å². The monoisotopic (exact) mass is 495 g/mol. The van der Waals surface area contributed by atoms with Gasteiger partial charge in [-0.1, -0.05) is 60.5 Å². The number of aromatic nitrogens is 4. The molecule has 0 unspecified atom stereocenters. The van der Waals surface area contributed by atoms with E-state index in [1.807, 2.05) is 67.3 Å². The zero-order valence-corrected chi connectivity index (χ0v) is 20.2. The highest BCUT2D eigenvalue weighted by molar-refractivity contribution is 6.33. The minimum atomic E-state index is -0.778. The minimum Gasteiger partial charge on any atom is -0.368 e. The Hall–Kier alpha value is -3.20. The van der Waals surface area contributed by atoms with Crippen molar-refractivity contribution >= 4 is 40.7 Å². The van der Waals surface area contributed by atoms with E-state index in [4.69, 9.17) is 39.0 Å². The molecule has 1 aliphatic rings. The highest BCUT2D eigenvalue weighted by atomic mass is 35.5. The summed E-state index contributed by atoms with van der Waals surface area (Å²) in [4.78, 5) is 23.5. The van der Waals surface area contributed by atoms with Gasteiger partial charge in [-0.2, -0.15) is 19.6 Å². The molecule has 4 aromatic rings. The molecule has 34 heavy (non-hydrogen) atoms. The van der Waals surface area contributed by atoms with Crippen LogP contribution in [0.25, 0.3) is 28.0 Å². The third-order valence-corrected chi connectivity index (χ3v) is 6.67. The van der Waals surface area contributed by atoms with Gasteiger partial charge in [0.15, 0.2) is 5.65 Å². The molecule has 174 valence electrons. The number of carbonyl (C=O) groups excluding carboxylic acids is 1. The van der Waals surface area contributed by atoms with Crippen LogP contribution in [-0.2, 0) is 4.79 Å². The van der Waals surface area contributed by atoms with Crippen molar-refractivity contribution in [1.82, 2.24) is 24.9 Å². The average Bonchev–Trinajstić information content (AvgIpc) is 3.16. The molecule has 0 atom stereocenters. The van der Waals surface area contributed by atoms with Crippen LogP contribution in [0, 0.1) is 6.92 Å². The maximum Gasteiger partial charge on any atom is 0.241 e. The lowest BCUT2D eigenvalue weighted by Crippen LogP contribution is -2.75. The van der Waals surface area contributed by atoms with Crippen molar-refractivity contribution in [2.75, 3.05) is 24.5 Å². The molecule has 1 aliphatic heterocycles. The summed E-state index contributed by atoms with van der Waals surface area (Å²) in [6.07, 6.45) is 0. The summed E-state index contributed by atoms with van der Waals surface area (Å²) >= 11 is 12.7. The molecule has 1 fully saturated rings. The molecule has 0 spiro atoms. The third-order valence-electron chi connectivity index (χ3n) is 6.09. The quantitative estimate of drug-likeness (QED) is 0.422. The summed E-state index contributed by atoms with van der Waals surface area (Å²) in [7, 11) is 0. The Kier molecular flexibility index (Phi) is 5.67. The van der Waals surface area contributed by atoms with Gasteiger partial charge >= 0.3 is 0 Å². The van der Waals surface area contributed by atoms with Gasteiger partial charge in [-0.05, 0) is 37.2 Å². The molecule has 0 radical (unpaired) electrons. The number of nitrogens with zero attached hydrogens (tertiary/aromatic N) is 5. The van der Waals surface area contributed by atoms with Gasteiger partial charge in [-0.25, -0.2) is 0 Å². The molecule has 3 N–H and O–H groups in total. The first kappa shape index (κ1) is 22.6. The fourth-order valence-electron chi connectivity index (χ4n) is 4.36. The van der Waals surface area contributed by atoms with Gasteiger partial charge < -0.3 is 16.0 Å². The van der Waals surface area contributed by atoms with Crippen molar-refractivity contribution in [2.24, 2.45) is 5.73 Å². The fourth-order valence-corrected chi connectivity index (χ4v) is 4.71. The van der Waals surface area contributed by atoms with Crippen molar-refractivity contribution in [1.29, 1.82) is 0 Å². The number of nitrogens with one attached hydrogen (secondary N) is 1. The number of carbonyl (C=O) groups is 1. The largest absolute Gasteiger partial charge is 0.368 e. The van der Waals surface area contributed by atoms with E-state index >= 15 is 0 Å². The molecule has 5 rings (SSSR count). The Balaban J connectivity index is 1.68. The number of fused-ring (bicyclic) bond motifs is 1. The zero-order valence-electron chi connectivity index (χ0n) is 18.7. The lowest BCUT2D eigenvalue weighted by molar-refractivity contribution is -0.125. The fraction of sp³-hybridized carbons (Fsp3) is 0.250. The van der Waals surface area contributed by atoms with Gasteiger partial charge in [0.25, 0.3) is 0 Å². The number of hydrogen-bond acceptors (Lipinski definition) is 6. The van der Waals surface area contributed by atoms with Crippen LogP contribution < -0.4 is 16.0 Å². The summed E-state index contributed by atoms with van der Waals surface area (Å²) in [5, 5.41) is 9.27. The zero-order chi connectivity index (χ0) is 24.0. The SMILES string of the molecule is CCNC1(C(N)=O)CN(c2nc(C)n3nc(-c4ccccc4Cl)c(-c4ccc(Cl)cc4)c3n2)C1. The van der Waals surface area contributed by atoms with E-state index in [-0.39, 0.29) is 5.91 Å². The summed E-state index contributed by atoms with van der Waals surface area (Å²) in [6.45, 7) is 5.25. The second kappa shape index (κ2) is 8.54. The number of nitrogens with two attached hydrogens (primary N) is 1. The first-order chi connectivity index (χ1) is 16.3. The Morgan fingerprint density at radius 2 is 1.82 bits per heavy atom. The lowest BCUT2D eigenvalue weighted by Gasteiger charge is -2.48. The van der Waals surface area contributed by atoms with Crippen LogP contribution in [0.4, 0.5) is 5.95 Å². The van der Waals surface area contributed by atoms with Crippen molar-refractivity contribution in [3.8, 4) is 22.4 Å². The Labute approximate surface area is 206 Å². The highest BCUT2D eigenvalue weighted by Gasteiger charge is 2.48. The Bertz CT molecular complexity index is 1390. The van der Waals surface area contributed by atoms with E-state index < -0.39 is 5.54 Å². The lowest BCUT2D eigenvalue weighted by atomic mass is 9.89. The number of halogens is 2. The number of likely N-dealkylation sites (N-methyl/N-ethyl adjacent to an activating group) is 1. The van der Waals surface area contributed by atoms with Crippen LogP contribution in [0.2, 0.25) is 10.0 Å². The first-order valence-corrected chi connectivity index (χ1v) is 11.7. The van der Waals surface area contributed by atoms with Crippen molar-refractivity contribution in [3.63, 3.8) is 0 Å². The molecular weight excluding hydrogens is 473 g/mol. The molecule has 2 aromatic carbocycles. The molecule has 3 heterocycles. The number of benzene rings is 2. The van der Waals surface area contributed by atoms with Crippen LogP contribution in [0.5, 0.6) is 0 Å². The van der Waals surface area contributed by atoms with Gasteiger partial charge in [0.2, 0.25) is 11.9 Å². The molecular formula is C24H23Cl2N7O. The van der Waals surface area contributed by atoms with E-state index in [1.165, 1.54) is 0 Å². The van der Waals surface area contributed by atoms with Crippen LogP contribution in [-0.4, -0.2) is 50.7 Å². The van der Waals surface area contributed by atoms with E-state index in [0.717, 1.165) is 16.7 Å². The molecule has 1 saturated heterocycles. The number of hydrogen-bond donors (Lipinski definition) is 2. The van der Waals surface area contributed by atoms with Crippen LogP contribution in [0.3, 0.4) is 0 Å². The third kappa shape index (κ3) is 3.68. The number of rotatable bonds is 6. The molecule has 8 nitrogen and oxygen atoms in total. The average molecular weight is 496 g/mol. The van der Waals surface area contributed by atoms with Crippen LogP contribution in [0.15, 0.2) is 48.5 Å². The molecule has 0 saturated carbocycles. The van der Waals surface area contributed by atoms with Gasteiger partial charge in [-0.3, -0.25) is 4.79 Å². The van der Waals surface area contributed by atoms with Crippen LogP contribution >= 0.6 is 23.2 Å². The second-order valence-corrected chi connectivity index (χ2v) is 9.19. The second-order valence-electron chi connectivity index (χ2n) is 8.35. The number of primary amides is 1. The van der Waals surface area contributed by atoms with Gasteiger partial charge in [0.1, 0.15) is 17.1 Å². The Morgan fingerprint density at radius 3 is 2.47 bits per heavy atom. The predicted octanol–water partition coefficient (Wildman–Crippen LogP) is 3.73. The minimum absolute atomic E-state index is 0.379. The maximum absolute atomic E-state index is 12.1. The van der Waals surface area contributed by atoms with Crippen molar-refractivity contribution in [2.45, 2.75) is 19.4 Å². The Morgan fingerprint density at radius 1 is 1.12 bits per heavy atom. The number of amides is 1. The molecule has 0 aliphatic carbocycles. The molecule has 10 heteroatoms.